The Balaban J connectivity index is 2.17. The molecule has 0 spiro atoms. The first kappa shape index (κ1) is 13.5. The zero-order valence-corrected chi connectivity index (χ0v) is 11.3. The summed E-state index contributed by atoms with van der Waals surface area (Å²) >= 11 is 0. The fourth-order valence-corrected chi connectivity index (χ4v) is 2.30. The Kier molecular flexibility index (Phi) is 4.16. The highest BCUT2D eigenvalue weighted by atomic mass is 16.2. The maximum atomic E-state index is 11.6. The van der Waals surface area contributed by atoms with E-state index in [-0.39, 0.29) is 17.9 Å². The minimum absolute atomic E-state index is 0.0854. The summed E-state index contributed by atoms with van der Waals surface area (Å²) in [6, 6.07) is 7.60. The first-order valence-corrected chi connectivity index (χ1v) is 6.42. The van der Waals surface area contributed by atoms with E-state index in [2.05, 4.69) is 10.6 Å². The number of rotatable bonds is 2. The molecule has 1 unspecified atom stereocenters. The molecular formula is C14H19N3O2. The second-order valence-electron chi connectivity index (χ2n) is 4.68. The van der Waals surface area contributed by atoms with E-state index in [1.54, 1.807) is 20.0 Å². The van der Waals surface area contributed by atoms with Gasteiger partial charge >= 0.3 is 0 Å². The molecule has 102 valence electrons. The van der Waals surface area contributed by atoms with Crippen molar-refractivity contribution in [1.82, 2.24) is 15.5 Å². The van der Waals surface area contributed by atoms with Crippen molar-refractivity contribution in [2.24, 2.45) is 0 Å². The summed E-state index contributed by atoms with van der Waals surface area (Å²) in [6.45, 7) is 3.74. The summed E-state index contributed by atoms with van der Waals surface area (Å²) < 4.78 is 0. The number of hydrogen-bond acceptors (Lipinski definition) is 3. The number of amides is 2. The molecular weight excluding hydrogens is 242 g/mol. The molecule has 1 fully saturated rings. The van der Waals surface area contributed by atoms with Crippen molar-refractivity contribution in [2.75, 3.05) is 26.7 Å². The van der Waals surface area contributed by atoms with Crippen molar-refractivity contribution in [3.8, 4) is 0 Å². The molecule has 0 bridgehead atoms. The van der Waals surface area contributed by atoms with Gasteiger partial charge in [-0.05, 0) is 17.7 Å². The lowest BCUT2D eigenvalue weighted by molar-refractivity contribution is -0.130. The third-order valence-corrected chi connectivity index (χ3v) is 3.40. The number of carbonyl (C=O) groups excluding carboxylic acids is 2. The van der Waals surface area contributed by atoms with Crippen LogP contribution in [0.3, 0.4) is 0 Å². The first-order chi connectivity index (χ1) is 9.11. The lowest BCUT2D eigenvalue weighted by Gasteiger charge is -2.33. The van der Waals surface area contributed by atoms with E-state index in [9.17, 15) is 9.59 Å². The average Bonchev–Trinajstić information content (AvgIpc) is 2.46. The number of nitrogens with one attached hydrogen (secondary N) is 2. The summed E-state index contributed by atoms with van der Waals surface area (Å²) in [5.74, 6) is -0.00459. The van der Waals surface area contributed by atoms with Gasteiger partial charge in [0.1, 0.15) is 0 Å². The van der Waals surface area contributed by atoms with Gasteiger partial charge in [-0.2, -0.15) is 0 Å². The van der Waals surface area contributed by atoms with Gasteiger partial charge in [0.15, 0.2) is 0 Å². The molecule has 2 N–H and O–H groups in total. The van der Waals surface area contributed by atoms with Crippen LogP contribution in [0.1, 0.15) is 28.9 Å². The fraction of sp³-hybridized carbons (Fsp3) is 0.429. The van der Waals surface area contributed by atoms with E-state index in [0.29, 0.717) is 12.1 Å². The van der Waals surface area contributed by atoms with E-state index < -0.39 is 0 Å². The molecule has 1 atom stereocenters. The van der Waals surface area contributed by atoms with Crippen molar-refractivity contribution in [3.63, 3.8) is 0 Å². The molecule has 5 heteroatoms. The first-order valence-electron chi connectivity index (χ1n) is 6.42. The molecule has 1 aromatic rings. The van der Waals surface area contributed by atoms with E-state index in [1.165, 1.54) is 0 Å². The zero-order chi connectivity index (χ0) is 13.8. The van der Waals surface area contributed by atoms with Crippen molar-refractivity contribution in [1.29, 1.82) is 0 Å². The van der Waals surface area contributed by atoms with Crippen LogP contribution in [0, 0.1) is 0 Å². The van der Waals surface area contributed by atoms with Gasteiger partial charge in [-0.1, -0.05) is 12.1 Å². The zero-order valence-electron chi connectivity index (χ0n) is 11.3. The fourth-order valence-electron chi connectivity index (χ4n) is 2.30. The van der Waals surface area contributed by atoms with Crippen molar-refractivity contribution in [3.05, 3.63) is 35.4 Å². The summed E-state index contributed by atoms with van der Waals surface area (Å²) in [5.41, 5.74) is 1.67. The molecule has 1 saturated heterocycles. The minimum Gasteiger partial charge on any atom is -0.355 e. The van der Waals surface area contributed by atoms with Crippen LogP contribution in [-0.4, -0.2) is 43.4 Å². The third kappa shape index (κ3) is 3.12. The van der Waals surface area contributed by atoms with E-state index in [4.69, 9.17) is 0 Å². The quantitative estimate of drug-likeness (QED) is 0.817. The molecule has 2 amide bonds. The SMILES string of the molecule is CNC(=O)c1cccc(C2CN(C(C)=O)CCN2)c1. The van der Waals surface area contributed by atoms with Gasteiger partial charge in [-0.25, -0.2) is 0 Å². The summed E-state index contributed by atoms with van der Waals surface area (Å²) in [4.78, 5) is 24.9. The largest absolute Gasteiger partial charge is 0.355 e. The molecule has 1 heterocycles. The molecule has 5 nitrogen and oxygen atoms in total. The maximum absolute atomic E-state index is 11.6. The highest BCUT2D eigenvalue weighted by molar-refractivity contribution is 5.94. The van der Waals surface area contributed by atoms with Crippen LogP contribution in [-0.2, 0) is 4.79 Å². The molecule has 2 rings (SSSR count). The average molecular weight is 261 g/mol. The standard InChI is InChI=1S/C14H19N3O2/c1-10(18)17-7-6-16-13(9-17)11-4-3-5-12(8-11)14(19)15-2/h3-5,8,13,16H,6-7,9H2,1-2H3,(H,15,19). The second-order valence-corrected chi connectivity index (χ2v) is 4.68. The van der Waals surface area contributed by atoms with Crippen LogP contribution in [0.5, 0.6) is 0 Å². The minimum atomic E-state index is -0.0962. The number of piperazine rings is 1. The third-order valence-electron chi connectivity index (χ3n) is 3.40. The van der Waals surface area contributed by atoms with Gasteiger partial charge in [0.25, 0.3) is 5.91 Å². The number of carbonyl (C=O) groups is 2. The van der Waals surface area contributed by atoms with Crippen LogP contribution in [0.25, 0.3) is 0 Å². The lowest BCUT2D eigenvalue weighted by atomic mass is 10.0. The van der Waals surface area contributed by atoms with Crippen LogP contribution in [0.4, 0.5) is 0 Å². The van der Waals surface area contributed by atoms with Crippen LogP contribution < -0.4 is 10.6 Å². The Morgan fingerprint density at radius 1 is 1.42 bits per heavy atom. The molecule has 0 aliphatic carbocycles. The van der Waals surface area contributed by atoms with Crippen LogP contribution >= 0.6 is 0 Å². The summed E-state index contributed by atoms with van der Waals surface area (Å²) in [5, 5.41) is 5.99. The smallest absolute Gasteiger partial charge is 0.251 e. The molecule has 1 aromatic carbocycles. The van der Waals surface area contributed by atoms with Crippen molar-refractivity contribution in [2.45, 2.75) is 13.0 Å². The van der Waals surface area contributed by atoms with Crippen molar-refractivity contribution >= 4 is 11.8 Å². The summed E-state index contributed by atoms with van der Waals surface area (Å²) in [7, 11) is 1.62. The lowest BCUT2D eigenvalue weighted by Crippen LogP contribution is -2.47. The summed E-state index contributed by atoms with van der Waals surface area (Å²) in [6.07, 6.45) is 0. The van der Waals surface area contributed by atoms with Gasteiger partial charge in [-0.15, -0.1) is 0 Å². The monoisotopic (exact) mass is 261 g/mol. The van der Waals surface area contributed by atoms with Crippen LogP contribution in [0.2, 0.25) is 0 Å². The van der Waals surface area contributed by atoms with E-state index in [1.807, 2.05) is 23.1 Å². The van der Waals surface area contributed by atoms with Gasteiger partial charge in [0, 0.05) is 45.2 Å². The van der Waals surface area contributed by atoms with E-state index in [0.717, 1.165) is 18.7 Å². The predicted molar refractivity (Wildman–Crippen MR) is 72.8 cm³/mol. The molecule has 0 radical (unpaired) electrons. The Hall–Kier alpha value is -1.88. The normalized spacial score (nSPS) is 19.1. The number of benzene rings is 1. The Morgan fingerprint density at radius 3 is 2.89 bits per heavy atom. The predicted octanol–water partition coefficient (Wildman–Crippen LogP) is 0.539. The molecule has 0 saturated carbocycles. The van der Waals surface area contributed by atoms with E-state index >= 15 is 0 Å². The Bertz CT molecular complexity index is 487. The Labute approximate surface area is 113 Å². The number of nitrogens with zero attached hydrogens (tertiary/aromatic N) is 1. The number of hydrogen-bond donors (Lipinski definition) is 2. The van der Waals surface area contributed by atoms with Crippen molar-refractivity contribution < 1.29 is 9.59 Å². The highest BCUT2D eigenvalue weighted by Crippen LogP contribution is 2.18. The maximum Gasteiger partial charge on any atom is 0.251 e. The van der Waals surface area contributed by atoms with Gasteiger partial charge in [0.05, 0.1) is 0 Å². The van der Waals surface area contributed by atoms with Crippen LogP contribution in [0.15, 0.2) is 24.3 Å². The van der Waals surface area contributed by atoms with Gasteiger partial charge in [0.2, 0.25) is 5.91 Å². The molecule has 0 aromatic heterocycles. The second kappa shape index (κ2) is 5.84. The van der Waals surface area contributed by atoms with Gasteiger partial charge in [-0.3, -0.25) is 9.59 Å². The Morgan fingerprint density at radius 2 is 2.21 bits per heavy atom. The highest BCUT2D eigenvalue weighted by Gasteiger charge is 2.22. The molecule has 1 aliphatic rings. The molecule has 19 heavy (non-hydrogen) atoms. The van der Waals surface area contributed by atoms with Gasteiger partial charge < -0.3 is 15.5 Å². The topological polar surface area (TPSA) is 61.4 Å². The molecule has 1 aliphatic heterocycles.